The summed E-state index contributed by atoms with van der Waals surface area (Å²) in [6, 6.07) is 69.0. The zero-order valence-electron chi connectivity index (χ0n) is 35.7. The lowest BCUT2D eigenvalue weighted by Gasteiger charge is -2.39. The highest BCUT2D eigenvalue weighted by Crippen LogP contribution is 2.63. The highest BCUT2D eigenvalue weighted by atomic mass is 15.1. The van der Waals surface area contributed by atoms with Crippen LogP contribution in [0.5, 0.6) is 0 Å². The van der Waals surface area contributed by atoms with Crippen molar-refractivity contribution in [3.05, 3.63) is 215 Å². The first kappa shape index (κ1) is 36.0. The second-order valence-electron chi connectivity index (χ2n) is 19.4. The maximum absolute atomic E-state index is 2.53. The molecular weight excluding hydrogens is 737 g/mol. The fraction of sp³-hybridized carbons (Fsp3) is 0.153. The quantitative estimate of drug-likeness (QED) is 0.173. The molecule has 0 saturated heterocycles. The Morgan fingerprint density at radius 3 is 1.66 bits per heavy atom. The number of hydrogen-bond donors (Lipinski definition) is 0. The summed E-state index contributed by atoms with van der Waals surface area (Å²) in [5, 5.41) is 7.70. The molecule has 0 bridgehead atoms. The summed E-state index contributed by atoms with van der Waals surface area (Å²) in [4.78, 5) is 2.49. The monoisotopic (exact) mass is 784 g/mol. The minimum atomic E-state index is -0.543. The van der Waals surface area contributed by atoms with Crippen molar-refractivity contribution < 1.29 is 0 Å². The maximum Gasteiger partial charge on any atom is 0.0726 e. The van der Waals surface area contributed by atoms with Crippen molar-refractivity contribution in [2.45, 2.75) is 57.8 Å². The molecule has 12 rings (SSSR count). The van der Waals surface area contributed by atoms with Crippen LogP contribution < -0.4 is 4.90 Å². The van der Waals surface area contributed by atoms with Gasteiger partial charge >= 0.3 is 0 Å². The van der Waals surface area contributed by atoms with Gasteiger partial charge in [-0.2, -0.15) is 0 Å². The van der Waals surface area contributed by atoms with Crippen LogP contribution >= 0.6 is 0 Å². The van der Waals surface area contributed by atoms with E-state index in [0.717, 1.165) is 22.7 Å². The number of aromatic nitrogens is 1. The van der Waals surface area contributed by atoms with Gasteiger partial charge in [0.2, 0.25) is 0 Å². The van der Waals surface area contributed by atoms with Crippen LogP contribution in [0.2, 0.25) is 0 Å². The Hall–Kier alpha value is -6.90. The van der Waals surface area contributed by atoms with Gasteiger partial charge in [0.05, 0.1) is 22.1 Å². The predicted octanol–water partition coefficient (Wildman–Crippen LogP) is 15.8. The lowest BCUT2D eigenvalue weighted by Crippen LogP contribution is -2.31. The largest absolute Gasteiger partial charge is 0.310 e. The van der Waals surface area contributed by atoms with Gasteiger partial charge in [0.15, 0.2) is 0 Å². The molecule has 0 N–H and O–H groups in total. The molecule has 10 aromatic rings. The van der Waals surface area contributed by atoms with Crippen LogP contribution in [0.1, 0.15) is 74.9 Å². The van der Waals surface area contributed by atoms with Gasteiger partial charge < -0.3 is 9.47 Å². The Bertz CT molecular complexity index is 3360. The van der Waals surface area contributed by atoms with E-state index >= 15 is 0 Å². The van der Waals surface area contributed by atoms with Gasteiger partial charge in [-0.1, -0.05) is 175 Å². The lowest BCUT2D eigenvalue weighted by atomic mass is 9.62. The first-order valence-corrected chi connectivity index (χ1v) is 21.8. The molecule has 1 spiro atoms. The summed E-state index contributed by atoms with van der Waals surface area (Å²) in [6.07, 6.45) is 0. The summed E-state index contributed by atoms with van der Waals surface area (Å²) < 4.78 is 2.53. The van der Waals surface area contributed by atoms with Crippen LogP contribution in [-0.4, -0.2) is 4.57 Å². The van der Waals surface area contributed by atoms with Gasteiger partial charge in [-0.3, -0.25) is 0 Å². The van der Waals surface area contributed by atoms with Gasteiger partial charge in [-0.15, -0.1) is 0 Å². The van der Waals surface area contributed by atoms with E-state index in [-0.39, 0.29) is 10.8 Å². The first-order valence-electron chi connectivity index (χ1n) is 21.8. The Kier molecular flexibility index (Phi) is 7.41. The van der Waals surface area contributed by atoms with Crippen molar-refractivity contribution in [1.82, 2.24) is 4.57 Å². The number of nitrogens with zero attached hydrogens (tertiary/aromatic N) is 2. The van der Waals surface area contributed by atoms with Crippen LogP contribution in [0.25, 0.3) is 60.2 Å². The van der Waals surface area contributed by atoms with E-state index in [4.69, 9.17) is 0 Å². The molecule has 61 heavy (non-hydrogen) atoms. The van der Waals surface area contributed by atoms with E-state index in [9.17, 15) is 0 Å². The molecule has 0 radical (unpaired) electrons. The SMILES string of the molecule is CC(C)(C)c1ccc2c(c1)-c1cc(C(C)(C)C)ccc1C21c2cccc3c(N(c4ccccc4)c4ccc5ccccc5c4)cc4c(c23)c2c1cccc2n4-c1ccccc1. The Morgan fingerprint density at radius 2 is 1.00 bits per heavy atom. The van der Waals surface area contributed by atoms with E-state index in [0.29, 0.717) is 0 Å². The van der Waals surface area contributed by atoms with Crippen LogP contribution in [-0.2, 0) is 16.2 Å². The summed E-state index contributed by atoms with van der Waals surface area (Å²) >= 11 is 0. The van der Waals surface area contributed by atoms with Crippen LogP contribution in [0.4, 0.5) is 17.1 Å². The molecule has 0 unspecified atom stereocenters. The standard InChI is InChI=1S/C59H48N2/c1-57(2,3)39-28-31-47-45(34-39)46-35-40(58(4,5)6)29-32-48(46)59(47)49-24-15-23-44-52(60(41-19-9-7-10-20-41)43-30-27-37-17-13-14-18-38(37)33-43)36-53-56(54(44)49)55-50(59)25-16-26-51(55)61(53)42-21-11-8-12-22-42/h7-36H,1-6H3. The number of anilines is 3. The maximum atomic E-state index is 2.53. The van der Waals surface area contributed by atoms with Crippen LogP contribution in [0.15, 0.2) is 182 Å². The summed E-state index contributed by atoms with van der Waals surface area (Å²) in [5.41, 5.74) is 17.3. The first-order chi connectivity index (χ1) is 29.5. The highest BCUT2D eigenvalue weighted by Gasteiger charge is 2.51. The minimum absolute atomic E-state index is 0.00338. The van der Waals surface area contributed by atoms with Crippen LogP contribution in [0, 0.1) is 0 Å². The van der Waals surface area contributed by atoms with Crippen molar-refractivity contribution in [2.75, 3.05) is 4.90 Å². The predicted molar refractivity (Wildman–Crippen MR) is 259 cm³/mol. The molecule has 2 heteroatoms. The van der Waals surface area contributed by atoms with Gasteiger partial charge in [-0.05, 0) is 120 Å². The van der Waals surface area contributed by atoms with E-state index in [1.807, 2.05) is 0 Å². The van der Waals surface area contributed by atoms with Crippen molar-refractivity contribution in [2.24, 2.45) is 0 Å². The summed E-state index contributed by atoms with van der Waals surface area (Å²) in [6.45, 7) is 14.0. The molecule has 0 fully saturated rings. The zero-order valence-corrected chi connectivity index (χ0v) is 35.7. The molecule has 294 valence electrons. The lowest BCUT2D eigenvalue weighted by molar-refractivity contribution is 0.589. The Morgan fingerprint density at radius 1 is 0.410 bits per heavy atom. The number of fused-ring (bicyclic) bond motifs is 8. The highest BCUT2D eigenvalue weighted by molar-refractivity contribution is 6.29. The molecule has 0 atom stereocenters. The third-order valence-electron chi connectivity index (χ3n) is 13.8. The van der Waals surface area contributed by atoms with Crippen molar-refractivity contribution in [3.8, 4) is 16.8 Å². The fourth-order valence-electron chi connectivity index (χ4n) is 11.0. The molecule has 9 aromatic carbocycles. The second-order valence-corrected chi connectivity index (χ2v) is 19.4. The minimum Gasteiger partial charge on any atom is -0.310 e. The third-order valence-corrected chi connectivity index (χ3v) is 13.8. The van der Waals surface area contributed by atoms with Crippen LogP contribution in [0.3, 0.4) is 0 Å². The van der Waals surface area contributed by atoms with E-state index < -0.39 is 5.41 Å². The average molecular weight is 785 g/mol. The van der Waals surface area contributed by atoms with E-state index in [1.54, 1.807) is 0 Å². The molecule has 2 aliphatic rings. The smallest absolute Gasteiger partial charge is 0.0726 e. The third kappa shape index (κ3) is 4.97. The van der Waals surface area contributed by atoms with Gasteiger partial charge in [0.25, 0.3) is 0 Å². The normalized spacial score (nSPS) is 13.9. The number of para-hydroxylation sites is 2. The van der Waals surface area contributed by atoms with Gasteiger partial charge in [-0.25, -0.2) is 0 Å². The number of benzene rings is 9. The topological polar surface area (TPSA) is 8.17 Å². The molecule has 0 aliphatic heterocycles. The van der Waals surface area contributed by atoms with E-state index in [1.165, 1.54) is 87.9 Å². The number of hydrogen-bond acceptors (Lipinski definition) is 1. The summed E-state index contributed by atoms with van der Waals surface area (Å²) in [7, 11) is 0. The van der Waals surface area contributed by atoms with Gasteiger partial charge in [0, 0.05) is 33.2 Å². The Balaban J connectivity index is 1.28. The zero-order chi connectivity index (χ0) is 41.4. The molecule has 1 heterocycles. The Labute approximate surface area is 358 Å². The average Bonchev–Trinajstić information content (AvgIpc) is 3.76. The van der Waals surface area contributed by atoms with Crippen molar-refractivity contribution in [3.63, 3.8) is 0 Å². The van der Waals surface area contributed by atoms with Crippen molar-refractivity contribution in [1.29, 1.82) is 0 Å². The van der Waals surface area contributed by atoms with Crippen molar-refractivity contribution >= 4 is 60.4 Å². The molecular formula is C59H48N2. The molecule has 1 aromatic heterocycles. The fourth-order valence-corrected chi connectivity index (χ4v) is 11.0. The van der Waals surface area contributed by atoms with E-state index in [2.05, 4.69) is 233 Å². The number of rotatable bonds is 4. The molecule has 0 saturated carbocycles. The summed E-state index contributed by atoms with van der Waals surface area (Å²) in [5.74, 6) is 0. The molecule has 2 nitrogen and oxygen atoms in total. The molecule has 2 aliphatic carbocycles. The second kappa shape index (κ2) is 12.6. The molecule has 0 amide bonds. The van der Waals surface area contributed by atoms with Gasteiger partial charge in [0.1, 0.15) is 0 Å².